The zero-order chi connectivity index (χ0) is 20.2. The van der Waals surface area contributed by atoms with E-state index in [-0.39, 0.29) is 24.1 Å². The van der Waals surface area contributed by atoms with Crippen molar-refractivity contribution < 1.29 is 9.53 Å². The summed E-state index contributed by atoms with van der Waals surface area (Å²) in [6.07, 6.45) is 0.0654. The van der Waals surface area contributed by atoms with E-state index in [1.165, 1.54) is 11.1 Å². The van der Waals surface area contributed by atoms with Crippen LogP contribution < -0.4 is 10.2 Å². The maximum Gasteiger partial charge on any atom is 0.338 e. The van der Waals surface area contributed by atoms with Crippen molar-refractivity contribution in [2.24, 2.45) is 0 Å². The molecule has 0 amide bonds. The Morgan fingerprint density at radius 3 is 2.33 bits per heavy atom. The van der Waals surface area contributed by atoms with E-state index in [1.54, 1.807) is 0 Å². The second-order valence-electron chi connectivity index (χ2n) is 7.93. The summed E-state index contributed by atoms with van der Waals surface area (Å²) in [6, 6.07) is 27.1. The molecule has 6 rings (SSSR count). The predicted molar refractivity (Wildman–Crippen MR) is 117 cm³/mol. The number of nitrogens with one attached hydrogen (secondary N) is 1. The summed E-state index contributed by atoms with van der Waals surface area (Å²) in [6.45, 7) is 2.21. The van der Waals surface area contributed by atoms with E-state index in [2.05, 4.69) is 70.9 Å². The lowest BCUT2D eigenvalue weighted by Gasteiger charge is -2.46. The molecule has 4 nitrogen and oxygen atoms in total. The van der Waals surface area contributed by atoms with Crippen molar-refractivity contribution in [1.82, 2.24) is 5.32 Å². The Labute approximate surface area is 175 Å². The molecular weight excluding hydrogens is 372 g/mol. The van der Waals surface area contributed by atoms with Crippen molar-refractivity contribution >= 4 is 17.4 Å². The molecule has 148 valence electrons. The number of benzene rings is 3. The smallest absolute Gasteiger partial charge is 0.338 e. The van der Waals surface area contributed by atoms with Gasteiger partial charge in [0.2, 0.25) is 0 Å². The standard InChI is InChI=1S/C26H22N2O2/c1-2-30-26(29)22-23-18-13-7-6-12-17(18)21-19-14-8-9-15-20(19)28(25(21)27-23)24(22)16-10-4-3-5-11-16/h3-15,21,23,25,27H,2H2,1H3/t21-,23-,25-/m1/s1. The highest BCUT2D eigenvalue weighted by atomic mass is 16.5. The Hall–Kier alpha value is -3.37. The van der Waals surface area contributed by atoms with Crippen LogP contribution in [0, 0.1) is 0 Å². The molecule has 3 heterocycles. The number of anilines is 1. The highest BCUT2D eigenvalue weighted by molar-refractivity contribution is 6.04. The molecule has 0 radical (unpaired) electrons. The summed E-state index contributed by atoms with van der Waals surface area (Å²) >= 11 is 0. The van der Waals surface area contributed by atoms with Crippen molar-refractivity contribution in [2.75, 3.05) is 11.5 Å². The fourth-order valence-electron chi connectivity index (χ4n) is 5.34. The van der Waals surface area contributed by atoms with Crippen LogP contribution in [0.4, 0.5) is 5.69 Å². The van der Waals surface area contributed by atoms with Crippen LogP contribution in [-0.2, 0) is 9.53 Å². The summed E-state index contributed by atoms with van der Waals surface area (Å²) in [7, 11) is 0. The second kappa shape index (κ2) is 6.57. The fraction of sp³-hybridized carbons (Fsp3) is 0.192. The maximum absolute atomic E-state index is 13.3. The van der Waals surface area contributed by atoms with Gasteiger partial charge in [-0.15, -0.1) is 0 Å². The molecule has 3 aliphatic heterocycles. The molecule has 0 unspecified atom stereocenters. The van der Waals surface area contributed by atoms with Crippen LogP contribution in [0.2, 0.25) is 0 Å². The molecule has 0 aromatic heterocycles. The quantitative estimate of drug-likeness (QED) is 0.660. The molecule has 4 heteroatoms. The second-order valence-corrected chi connectivity index (χ2v) is 7.93. The van der Waals surface area contributed by atoms with Crippen LogP contribution in [0.15, 0.2) is 84.4 Å². The zero-order valence-corrected chi connectivity index (χ0v) is 16.7. The normalized spacial score (nSPS) is 23.1. The van der Waals surface area contributed by atoms with Crippen LogP contribution in [0.25, 0.3) is 5.70 Å². The SMILES string of the molecule is CCOC(=O)C1=C(c2ccccc2)N2c3ccccc3[C@H]3c4ccccc4[C@H]1N[C@@H]32. The van der Waals surface area contributed by atoms with Gasteiger partial charge < -0.3 is 9.64 Å². The largest absolute Gasteiger partial charge is 0.463 e. The minimum atomic E-state index is -0.259. The number of carbonyl (C=O) groups excluding carboxylic acids is 1. The van der Waals surface area contributed by atoms with E-state index in [0.717, 1.165) is 22.5 Å². The summed E-state index contributed by atoms with van der Waals surface area (Å²) in [5, 5.41) is 3.77. The van der Waals surface area contributed by atoms with Gasteiger partial charge in [0.1, 0.15) is 0 Å². The molecule has 2 bridgehead atoms. The Bertz CT molecular complexity index is 1180. The first-order chi connectivity index (χ1) is 14.8. The first-order valence-corrected chi connectivity index (χ1v) is 10.5. The Kier molecular flexibility index (Phi) is 3.83. The number of hydrogen-bond acceptors (Lipinski definition) is 4. The molecule has 3 aromatic carbocycles. The lowest BCUT2D eigenvalue weighted by atomic mass is 9.78. The highest BCUT2D eigenvalue weighted by Gasteiger charge is 2.52. The van der Waals surface area contributed by atoms with Gasteiger partial charge in [-0.1, -0.05) is 72.8 Å². The summed E-state index contributed by atoms with van der Waals surface area (Å²) < 4.78 is 5.57. The molecule has 0 fully saturated rings. The zero-order valence-electron chi connectivity index (χ0n) is 16.7. The highest BCUT2D eigenvalue weighted by Crippen LogP contribution is 2.56. The number of nitrogens with zero attached hydrogens (tertiary/aromatic N) is 1. The maximum atomic E-state index is 13.3. The molecule has 1 N–H and O–H groups in total. The minimum absolute atomic E-state index is 0.0654. The number of fused-ring (bicyclic) bond motifs is 7. The van der Waals surface area contributed by atoms with Crippen molar-refractivity contribution in [3.05, 3.63) is 107 Å². The molecule has 3 aromatic rings. The van der Waals surface area contributed by atoms with Gasteiger partial charge in [-0.3, -0.25) is 5.32 Å². The molecular formula is C26H22N2O2. The minimum Gasteiger partial charge on any atom is -0.463 e. The monoisotopic (exact) mass is 394 g/mol. The number of esters is 1. The Balaban J connectivity index is 1.72. The molecule has 0 saturated carbocycles. The number of para-hydroxylation sites is 1. The molecule has 3 atom stereocenters. The first-order valence-electron chi connectivity index (χ1n) is 10.5. The van der Waals surface area contributed by atoms with Gasteiger partial charge in [-0.2, -0.15) is 0 Å². The third-order valence-electron chi connectivity index (χ3n) is 6.43. The molecule has 0 aliphatic carbocycles. The third kappa shape index (κ3) is 2.28. The van der Waals surface area contributed by atoms with E-state index in [4.69, 9.17) is 4.74 Å². The molecule has 0 saturated heterocycles. The number of hydrogen-bond donors (Lipinski definition) is 1. The van der Waals surface area contributed by atoms with E-state index in [9.17, 15) is 4.79 Å². The van der Waals surface area contributed by atoms with Crippen LogP contribution in [0.5, 0.6) is 0 Å². The van der Waals surface area contributed by atoms with Gasteiger partial charge in [-0.05, 0) is 35.2 Å². The van der Waals surface area contributed by atoms with Gasteiger partial charge >= 0.3 is 5.97 Å². The average molecular weight is 394 g/mol. The average Bonchev–Trinajstić information content (AvgIpc) is 3.15. The molecule has 0 spiro atoms. The lowest BCUT2D eigenvalue weighted by Crippen LogP contribution is -2.55. The van der Waals surface area contributed by atoms with Crippen LogP contribution in [0.3, 0.4) is 0 Å². The number of rotatable bonds is 3. The van der Waals surface area contributed by atoms with E-state index in [1.807, 2.05) is 25.1 Å². The predicted octanol–water partition coefficient (Wildman–Crippen LogP) is 4.60. The van der Waals surface area contributed by atoms with Gasteiger partial charge in [0.25, 0.3) is 0 Å². The summed E-state index contributed by atoms with van der Waals surface area (Å²) in [5.74, 6) is -0.0407. The van der Waals surface area contributed by atoms with Gasteiger partial charge in [0.15, 0.2) is 0 Å². The van der Waals surface area contributed by atoms with Crippen molar-refractivity contribution in [2.45, 2.75) is 25.0 Å². The fourth-order valence-corrected chi connectivity index (χ4v) is 5.34. The number of ether oxygens (including phenoxy) is 1. The Morgan fingerprint density at radius 2 is 1.57 bits per heavy atom. The molecule has 3 aliphatic rings. The van der Waals surface area contributed by atoms with E-state index in [0.29, 0.717) is 12.2 Å². The van der Waals surface area contributed by atoms with Gasteiger partial charge in [0, 0.05) is 11.6 Å². The lowest BCUT2D eigenvalue weighted by molar-refractivity contribution is -0.139. The van der Waals surface area contributed by atoms with Crippen LogP contribution in [-0.4, -0.2) is 18.7 Å². The first kappa shape index (κ1) is 17.5. The van der Waals surface area contributed by atoms with Crippen LogP contribution >= 0.6 is 0 Å². The van der Waals surface area contributed by atoms with E-state index < -0.39 is 0 Å². The summed E-state index contributed by atoms with van der Waals surface area (Å²) in [4.78, 5) is 15.6. The van der Waals surface area contributed by atoms with Crippen molar-refractivity contribution in [3.63, 3.8) is 0 Å². The molecule has 30 heavy (non-hydrogen) atoms. The number of carbonyl (C=O) groups is 1. The van der Waals surface area contributed by atoms with Gasteiger partial charge in [-0.25, -0.2) is 4.79 Å². The van der Waals surface area contributed by atoms with E-state index >= 15 is 0 Å². The summed E-state index contributed by atoms with van der Waals surface area (Å²) in [5.41, 5.74) is 7.55. The van der Waals surface area contributed by atoms with Crippen LogP contribution in [0.1, 0.15) is 41.1 Å². The van der Waals surface area contributed by atoms with Gasteiger partial charge in [0.05, 0.1) is 30.1 Å². The van der Waals surface area contributed by atoms with Crippen molar-refractivity contribution in [3.8, 4) is 0 Å². The topological polar surface area (TPSA) is 41.6 Å². The Morgan fingerprint density at radius 1 is 0.900 bits per heavy atom. The van der Waals surface area contributed by atoms with Crippen molar-refractivity contribution in [1.29, 1.82) is 0 Å². The third-order valence-corrected chi connectivity index (χ3v) is 6.43.